The van der Waals surface area contributed by atoms with Gasteiger partial charge in [-0.25, -0.2) is 4.98 Å². The summed E-state index contributed by atoms with van der Waals surface area (Å²) in [5, 5.41) is 11.5. The summed E-state index contributed by atoms with van der Waals surface area (Å²) in [5.74, 6) is 1.79. The maximum Gasteiger partial charge on any atom is 0.252 e. The van der Waals surface area contributed by atoms with Crippen LogP contribution in [0.3, 0.4) is 0 Å². The Morgan fingerprint density at radius 3 is 3.06 bits per heavy atom. The van der Waals surface area contributed by atoms with Crippen LogP contribution >= 0.6 is 0 Å². The Morgan fingerprint density at radius 1 is 1.53 bits per heavy atom. The quantitative estimate of drug-likeness (QED) is 0.586. The van der Waals surface area contributed by atoms with Crippen molar-refractivity contribution in [3.63, 3.8) is 0 Å². The van der Waals surface area contributed by atoms with Gasteiger partial charge in [-0.15, -0.1) is 0 Å². The highest BCUT2D eigenvalue weighted by atomic mass is 16.5. The first-order valence-corrected chi connectivity index (χ1v) is 5.83. The smallest absolute Gasteiger partial charge is 0.252 e. The normalized spacial score (nSPS) is 14.9. The highest BCUT2D eigenvalue weighted by molar-refractivity contribution is 5.33. The standard InChI is InChI=1S/C11H17N3O3/c15-4-6-17-5-3-12-9-7-10(16)14-11(13-9)8-1-2-8/h7-8,15H,1-6H2,(H2,12,13,14,16). The molecule has 1 fully saturated rings. The molecule has 17 heavy (non-hydrogen) atoms. The van der Waals surface area contributed by atoms with E-state index in [2.05, 4.69) is 15.3 Å². The number of aliphatic hydroxyl groups is 1. The third-order valence-corrected chi connectivity index (χ3v) is 2.51. The summed E-state index contributed by atoms with van der Waals surface area (Å²) in [6.45, 7) is 1.40. The number of nitrogens with zero attached hydrogens (tertiary/aromatic N) is 1. The summed E-state index contributed by atoms with van der Waals surface area (Å²) in [5.41, 5.74) is -0.124. The van der Waals surface area contributed by atoms with Crippen molar-refractivity contribution in [3.8, 4) is 0 Å². The van der Waals surface area contributed by atoms with Gasteiger partial charge in [0.25, 0.3) is 5.56 Å². The molecule has 1 saturated carbocycles. The molecule has 0 atom stereocenters. The van der Waals surface area contributed by atoms with Crippen LogP contribution in [0.5, 0.6) is 0 Å². The molecule has 0 aromatic carbocycles. The fourth-order valence-corrected chi connectivity index (χ4v) is 1.54. The number of ether oxygens (including phenoxy) is 1. The van der Waals surface area contributed by atoms with Crippen molar-refractivity contribution in [2.75, 3.05) is 31.7 Å². The largest absolute Gasteiger partial charge is 0.394 e. The van der Waals surface area contributed by atoms with Crippen LogP contribution in [0.4, 0.5) is 5.82 Å². The third kappa shape index (κ3) is 3.83. The predicted molar refractivity (Wildman–Crippen MR) is 63.2 cm³/mol. The summed E-state index contributed by atoms with van der Waals surface area (Å²) in [6, 6.07) is 1.44. The van der Waals surface area contributed by atoms with Crippen LogP contribution in [0, 0.1) is 0 Å². The van der Waals surface area contributed by atoms with Crippen LogP contribution in [-0.2, 0) is 4.74 Å². The van der Waals surface area contributed by atoms with Crippen molar-refractivity contribution in [2.45, 2.75) is 18.8 Å². The topological polar surface area (TPSA) is 87.2 Å². The average molecular weight is 239 g/mol. The van der Waals surface area contributed by atoms with E-state index in [0.29, 0.717) is 31.5 Å². The van der Waals surface area contributed by atoms with E-state index in [4.69, 9.17) is 9.84 Å². The molecule has 0 unspecified atom stereocenters. The highest BCUT2D eigenvalue weighted by Crippen LogP contribution is 2.37. The lowest BCUT2D eigenvalue weighted by Crippen LogP contribution is -2.16. The molecule has 0 amide bonds. The number of aromatic amines is 1. The number of nitrogens with one attached hydrogen (secondary N) is 2. The predicted octanol–water partition coefficient (Wildman–Crippen LogP) is 0.0681. The molecule has 0 radical (unpaired) electrons. The molecule has 6 nitrogen and oxygen atoms in total. The lowest BCUT2D eigenvalue weighted by atomic mass is 10.4. The second-order valence-corrected chi connectivity index (χ2v) is 4.05. The van der Waals surface area contributed by atoms with Gasteiger partial charge in [-0.3, -0.25) is 4.79 Å². The van der Waals surface area contributed by atoms with Crippen LogP contribution in [0.1, 0.15) is 24.6 Å². The minimum absolute atomic E-state index is 0.0229. The van der Waals surface area contributed by atoms with E-state index >= 15 is 0 Å². The summed E-state index contributed by atoms with van der Waals surface area (Å²) in [7, 11) is 0. The molecule has 1 aliphatic carbocycles. The number of hydrogen-bond acceptors (Lipinski definition) is 5. The Bertz CT molecular complexity index is 415. The number of anilines is 1. The summed E-state index contributed by atoms with van der Waals surface area (Å²) < 4.78 is 5.10. The first-order chi connectivity index (χ1) is 8.29. The Labute approximate surface area is 99.0 Å². The van der Waals surface area contributed by atoms with E-state index in [1.165, 1.54) is 6.07 Å². The van der Waals surface area contributed by atoms with E-state index < -0.39 is 0 Å². The molecule has 1 aliphatic rings. The van der Waals surface area contributed by atoms with Gasteiger partial charge in [0.15, 0.2) is 0 Å². The molecule has 3 N–H and O–H groups in total. The van der Waals surface area contributed by atoms with E-state index in [1.54, 1.807) is 0 Å². The number of H-pyrrole nitrogens is 1. The van der Waals surface area contributed by atoms with Gasteiger partial charge in [-0.1, -0.05) is 0 Å². The maximum atomic E-state index is 11.4. The number of aromatic nitrogens is 2. The molecule has 1 heterocycles. The molecular weight excluding hydrogens is 222 g/mol. The maximum absolute atomic E-state index is 11.4. The van der Waals surface area contributed by atoms with Gasteiger partial charge in [0.05, 0.1) is 19.8 Å². The van der Waals surface area contributed by atoms with Gasteiger partial charge in [0.1, 0.15) is 11.6 Å². The SMILES string of the molecule is O=c1cc(NCCOCCO)nc(C2CC2)[nH]1. The lowest BCUT2D eigenvalue weighted by molar-refractivity contribution is 0.0992. The first kappa shape index (κ1) is 12.1. The molecule has 1 aromatic heterocycles. The highest BCUT2D eigenvalue weighted by Gasteiger charge is 2.26. The Hall–Kier alpha value is -1.40. The molecule has 0 aliphatic heterocycles. The Kier molecular flexibility index (Phi) is 4.11. The average Bonchev–Trinajstić information content (AvgIpc) is 3.12. The van der Waals surface area contributed by atoms with Crippen molar-refractivity contribution in [2.24, 2.45) is 0 Å². The van der Waals surface area contributed by atoms with E-state index in [-0.39, 0.29) is 12.2 Å². The van der Waals surface area contributed by atoms with Crippen molar-refractivity contribution in [1.29, 1.82) is 0 Å². The van der Waals surface area contributed by atoms with Crippen LogP contribution in [0.15, 0.2) is 10.9 Å². The van der Waals surface area contributed by atoms with Gasteiger partial charge in [-0.2, -0.15) is 0 Å². The minimum Gasteiger partial charge on any atom is -0.394 e. The van der Waals surface area contributed by atoms with E-state index in [0.717, 1.165) is 18.7 Å². The van der Waals surface area contributed by atoms with Gasteiger partial charge in [0, 0.05) is 18.5 Å². The van der Waals surface area contributed by atoms with Gasteiger partial charge in [-0.05, 0) is 12.8 Å². The van der Waals surface area contributed by atoms with Crippen molar-refractivity contribution < 1.29 is 9.84 Å². The van der Waals surface area contributed by atoms with Gasteiger partial charge >= 0.3 is 0 Å². The second kappa shape index (κ2) is 5.79. The Balaban J connectivity index is 1.85. The van der Waals surface area contributed by atoms with Gasteiger partial charge < -0.3 is 20.1 Å². The summed E-state index contributed by atoms with van der Waals surface area (Å²) in [4.78, 5) is 18.5. The number of hydrogen-bond donors (Lipinski definition) is 3. The molecule has 2 rings (SSSR count). The zero-order valence-corrected chi connectivity index (χ0v) is 9.61. The van der Waals surface area contributed by atoms with E-state index in [1.807, 2.05) is 0 Å². The van der Waals surface area contributed by atoms with E-state index in [9.17, 15) is 4.79 Å². The molecule has 94 valence electrons. The molecule has 6 heteroatoms. The van der Waals surface area contributed by atoms with Crippen LogP contribution in [0.2, 0.25) is 0 Å². The third-order valence-electron chi connectivity index (χ3n) is 2.51. The van der Waals surface area contributed by atoms with Crippen molar-refractivity contribution in [1.82, 2.24) is 9.97 Å². The number of rotatable bonds is 7. The fraction of sp³-hybridized carbons (Fsp3) is 0.636. The fourth-order valence-electron chi connectivity index (χ4n) is 1.54. The zero-order valence-electron chi connectivity index (χ0n) is 9.61. The minimum atomic E-state index is -0.124. The molecule has 0 spiro atoms. The molecule has 0 bridgehead atoms. The molecule has 1 aromatic rings. The zero-order chi connectivity index (χ0) is 12.1. The summed E-state index contributed by atoms with van der Waals surface area (Å²) >= 11 is 0. The first-order valence-electron chi connectivity index (χ1n) is 5.83. The molecule has 0 saturated heterocycles. The second-order valence-electron chi connectivity index (χ2n) is 4.05. The Morgan fingerprint density at radius 2 is 2.35 bits per heavy atom. The van der Waals surface area contributed by atoms with Crippen molar-refractivity contribution in [3.05, 3.63) is 22.2 Å². The number of aliphatic hydroxyl groups excluding tert-OH is 1. The summed E-state index contributed by atoms with van der Waals surface area (Å²) in [6.07, 6.45) is 2.21. The van der Waals surface area contributed by atoms with Gasteiger partial charge in [0.2, 0.25) is 0 Å². The van der Waals surface area contributed by atoms with Crippen molar-refractivity contribution >= 4 is 5.82 Å². The van der Waals surface area contributed by atoms with Crippen LogP contribution < -0.4 is 10.9 Å². The molecular formula is C11H17N3O3. The monoisotopic (exact) mass is 239 g/mol. The lowest BCUT2D eigenvalue weighted by Gasteiger charge is -2.06. The van der Waals surface area contributed by atoms with Crippen LogP contribution in [0.25, 0.3) is 0 Å². The van der Waals surface area contributed by atoms with Crippen LogP contribution in [-0.4, -0.2) is 41.4 Å².